The minimum Gasteiger partial charge on any atom is -0.267 e. The molecule has 3 nitrogen and oxygen atoms in total. The van der Waals surface area contributed by atoms with Crippen molar-refractivity contribution in [3.05, 3.63) is 0 Å². The van der Waals surface area contributed by atoms with Crippen LogP contribution in [0, 0.1) is 11.8 Å². The Balaban J connectivity index is 1.89. The highest BCUT2D eigenvalue weighted by atomic mass is 32.2. The Morgan fingerprint density at radius 3 is 2.18 bits per heavy atom. The zero-order chi connectivity index (χ0) is 8.06. The Labute approximate surface area is 66.9 Å². The molecule has 2 aliphatic carbocycles. The van der Waals surface area contributed by atoms with Crippen LogP contribution < -0.4 is 0 Å². The van der Waals surface area contributed by atoms with E-state index in [4.69, 9.17) is 4.18 Å². The molecular weight excluding hydrogens is 164 g/mol. The highest BCUT2D eigenvalue weighted by molar-refractivity contribution is 7.86. The van der Waals surface area contributed by atoms with Crippen molar-refractivity contribution in [3.63, 3.8) is 0 Å². The van der Waals surface area contributed by atoms with E-state index >= 15 is 0 Å². The van der Waals surface area contributed by atoms with Crippen LogP contribution >= 0.6 is 0 Å². The molecule has 0 aromatic rings. The summed E-state index contributed by atoms with van der Waals surface area (Å²) in [5, 5.41) is 0. The average Bonchev–Trinajstić information content (AvgIpc) is 2.36. The zero-order valence-corrected chi connectivity index (χ0v) is 7.30. The van der Waals surface area contributed by atoms with Crippen molar-refractivity contribution in [2.45, 2.75) is 25.4 Å². The predicted octanol–water partition coefficient (Wildman–Crippen LogP) is 0.761. The molecule has 1 unspecified atom stereocenters. The Bertz CT molecular complexity index is 247. The smallest absolute Gasteiger partial charge is 0.264 e. The molecule has 3 atom stereocenters. The van der Waals surface area contributed by atoms with Crippen LogP contribution in [0.3, 0.4) is 0 Å². The summed E-state index contributed by atoms with van der Waals surface area (Å²) in [4.78, 5) is 0. The second-order valence-electron chi connectivity index (χ2n) is 3.65. The molecular formula is C7H12O3S. The van der Waals surface area contributed by atoms with Crippen molar-refractivity contribution in [3.8, 4) is 0 Å². The van der Waals surface area contributed by atoms with Gasteiger partial charge in [-0.2, -0.15) is 8.42 Å². The molecule has 2 fully saturated rings. The maximum atomic E-state index is 10.7. The number of hydrogen-bond acceptors (Lipinski definition) is 3. The van der Waals surface area contributed by atoms with Crippen molar-refractivity contribution in [1.29, 1.82) is 0 Å². The first-order valence-corrected chi connectivity index (χ1v) is 5.74. The van der Waals surface area contributed by atoms with Gasteiger partial charge in [0.05, 0.1) is 12.4 Å². The van der Waals surface area contributed by atoms with Crippen LogP contribution in [0.1, 0.15) is 19.3 Å². The summed E-state index contributed by atoms with van der Waals surface area (Å²) in [6, 6.07) is 0. The Hall–Kier alpha value is -0.0900. The fourth-order valence-corrected chi connectivity index (χ4v) is 2.64. The molecule has 0 bridgehead atoms. The second kappa shape index (κ2) is 2.20. The van der Waals surface area contributed by atoms with Gasteiger partial charge in [-0.15, -0.1) is 0 Å². The van der Waals surface area contributed by atoms with Gasteiger partial charge in [0.15, 0.2) is 0 Å². The van der Waals surface area contributed by atoms with Crippen LogP contribution in [-0.4, -0.2) is 20.8 Å². The van der Waals surface area contributed by atoms with Gasteiger partial charge in [0, 0.05) is 0 Å². The van der Waals surface area contributed by atoms with E-state index in [-0.39, 0.29) is 6.10 Å². The monoisotopic (exact) mass is 176 g/mol. The highest BCUT2D eigenvalue weighted by Gasteiger charge is 2.47. The van der Waals surface area contributed by atoms with Crippen molar-refractivity contribution in [1.82, 2.24) is 0 Å². The van der Waals surface area contributed by atoms with Gasteiger partial charge in [-0.1, -0.05) is 0 Å². The van der Waals surface area contributed by atoms with Crippen LogP contribution in [0.4, 0.5) is 0 Å². The summed E-state index contributed by atoms with van der Waals surface area (Å²) in [5.74, 6) is 1.56. The molecule has 4 heteroatoms. The summed E-state index contributed by atoms with van der Waals surface area (Å²) in [6.45, 7) is 0. The first-order valence-electron chi connectivity index (χ1n) is 3.93. The standard InChI is InChI=1S/C7H12O3S/c1-11(8,9)10-7-3-5-2-6(5)4-7/h5-7H,2-4H2,1H3/t5-,6?,7+/m0/s1. The molecule has 0 aromatic carbocycles. The lowest BCUT2D eigenvalue weighted by molar-refractivity contribution is 0.204. The van der Waals surface area contributed by atoms with Crippen molar-refractivity contribution in [2.24, 2.45) is 11.8 Å². The minimum absolute atomic E-state index is 0.00579. The summed E-state index contributed by atoms with van der Waals surface area (Å²) in [6.07, 6.45) is 4.32. The zero-order valence-electron chi connectivity index (χ0n) is 6.49. The first-order chi connectivity index (χ1) is 5.04. The van der Waals surface area contributed by atoms with E-state index in [1.165, 1.54) is 6.42 Å². The van der Waals surface area contributed by atoms with E-state index in [0.29, 0.717) is 0 Å². The van der Waals surface area contributed by atoms with Crippen LogP contribution in [0.5, 0.6) is 0 Å². The highest BCUT2D eigenvalue weighted by Crippen LogP contribution is 2.52. The van der Waals surface area contributed by atoms with Crippen molar-refractivity contribution >= 4 is 10.1 Å². The molecule has 11 heavy (non-hydrogen) atoms. The van der Waals surface area contributed by atoms with E-state index in [0.717, 1.165) is 30.9 Å². The van der Waals surface area contributed by atoms with Gasteiger partial charge in [0.25, 0.3) is 10.1 Å². The van der Waals surface area contributed by atoms with E-state index in [1.54, 1.807) is 0 Å². The molecule has 0 spiro atoms. The van der Waals surface area contributed by atoms with Crippen molar-refractivity contribution < 1.29 is 12.6 Å². The lowest BCUT2D eigenvalue weighted by Gasteiger charge is -2.09. The number of fused-ring (bicyclic) bond motifs is 1. The quantitative estimate of drug-likeness (QED) is 0.583. The third kappa shape index (κ3) is 1.73. The number of rotatable bonds is 2. The summed E-state index contributed by atoms with van der Waals surface area (Å²) in [7, 11) is -3.21. The molecule has 0 N–H and O–H groups in total. The molecule has 0 radical (unpaired) electrons. The summed E-state index contributed by atoms with van der Waals surface area (Å²) in [5.41, 5.74) is 0. The molecule has 2 rings (SSSR count). The first kappa shape index (κ1) is 7.55. The fraction of sp³-hybridized carbons (Fsp3) is 1.00. The SMILES string of the molecule is CS(=O)(=O)O[C@H]1CC2C[C@H]2C1. The largest absolute Gasteiger partial charge is 0.267 e. The molecule has 64 valence electrons. The summed E-state index contributed by atoms with van der Waals surface area (Å²) < 4.78 is 26.2. The topological polar surface area (TPSA) is 43.4 Å². The Kier molecular flexibility index (Phi) is 1.51. The third-order valence-corrected chi connectivity index (χ3v) is 3.13. The third-order valence-electron chi connectivity index (χ3n) is 2.51. The van der Waals surface area contributed by atoms with Gasteiger partial charge >= 0.3 is 0 Å². The normalized spacial score (nSPS) is 42.1. The fourth-order valence-electron chi connectivity index (χ4n) is 1.98. The lowest BCUT2D eigenvalue weighted by Crippen LogP contribution is -2.15. The average molecular weight is 176 g/mol. The second-order valence-corrected chi connectivity index (χ2v) is 5.25. The molecule has 0 heterocycles. The Morgan fingerprint density at radius 2 is 1.73 bits per heavy atom. The summed E-state index contributed by atoms with van der Waals surface area (Å²) >= 11 is 0. The molecule has 0 aromatic heterocycles. The van der Waals surface area contributed by atoms with Crippen LogP contribution in [0.25, 0.3) is 0 Å². The predicted molar refractivity (Wildman–Crippen MR) is 40.5 cm³/mol. The van der Waals surface area contributed by atoms with Gasteiger partial charge < -0.3 is 0 Å². The van der Waals surface area contributed by atoms with Crippen LogP contribution in [0.15, 0.2) is 0 Å². The van der Waals surface area contributed by atoms with Gasteiger partial charge in [0.1, 0.15) is 0 Å². The molecule has 0 saturated heterocycles. The van der Waals surface area contributed by atoms with E-state index in [9.17, 15) is 8.42 Å². The minimum atomic E-state index is -3.21. The molecule has 0 amide bonds. The molecule has 0 aliphatic heterocycles. The van der Waals surface area contributed by atoms with Gasteiger partial charge in [0.2, 0.25) is 0 Å². The van der Waals surface area contributed by atoms with Gasteiger partial charge in [-0.25, -0.2) is 0 Å². The van der Waals surface area contributed by atoms with E-state index in [1.807, 2.05) is 0 Å². The van der Waals surface area contributed by atoms with Crippen LogP contribution in [-0.2, 0) is 14.3 Å². The van der Waals surface area contributed by atoms with E-state index in [2.05, 4.69) is 0 Å². The van der Waals surface area contributed by atoms with E-state index < -0.39 is 10.1 Å². The lowest BCUT2D eigenvalue weighted by atomic mass is 10.2. The molecule has 2 saturated carbocycles. The maximum Gasteiger partial charge on any atom is 0.264 e. The molecule has 2 aliphatic rings. The maximum absolute atomic E-state index is 10.7. The number of hydrogen-bond donors (Lipinski definition) is 0. The Morgan fingerprint density at radius 1 is 1.18 bits per heavy atom. The van der Waals surface area contributed by atoms with Gasteiger partial charge in [-0.3, -0.25) is 4.18 Å². The van der Waals surface area contributed by atoms with Crippen molar-refractivity contribution in [2.75, 3.05) is 6.26 Å². The van der Waals surface area contributed by atoms with Gasteiger partial charge in [-0.05, 0) is 31.1 Å². The van der Waals surface area contributed by atoms with Crippen LogP contribution in [0.2, 0.25) is 0 Å².